The van der Waals surface area contributed by atoms with Gasteiger partial charge in [0.15, 0.2) is 5.78 Å². The van der Waals surface area contributed by atoms with Crippen molar-refractivity contribution >= 4 is 16.9 Å². The molecule has 3 aromatic heterocycles. The standard InChI is InChI=1S/C21H19N3O.C6H12/c1-13(25)18-12-22-24-10-9-15(11-21(18)24)16-5-8-20-17(16)6-7-19(23-20)14-3-2-4-14;1-2-4-6-5-3-1/h5-7,9-12,14H,2-4,8H2,1H3;1-6H2. The molecule has 0 radical (unpaired) electrons. The van der Waals surface area contributed by atoms with E-state index in [9.17, 15) is 4.79 Å². The van der Waals surface area contributed by atoms with Crippen molar-refractivity contribution in [3.05, 3.63) is 70.8 Å². The molecule has 0 N–H and O–H groups in total. The Labute approximate surface area is 184 Å². The molecule has 160 valence electrons. The monoisotopic (exact) mass is 413 g/mol. The van der Waals surface area contributed by atoms with Crippen LogP contribution < -0.4 is 0 Å². The Morgan fingerprint density at radius 3 is 2.39 bits per heavy atom. The lowest BCUT2D eigenvalue weighted by atomic mass is 9.82. The summed E-state index contributed by atoms with van der Waals surface area (Å²) in [5.74, 6) is 0.704. The highest BCUT2D eigenvalue weighted by molar-refractivity contribution is 6.01. The first kappa shape index (κ1) is 20.2. The lowest BCUT2D eigenvalue weighted by Crippen LogP contribution is -2.11. The largest absolute Gasteiger partial charge is 0.294 e. The van der Waals surface area contributed by atoms with E-state index >= 15 is 0 Å². The lowest BCUT2D eigenvalue weighted by Gasteiger charge is -2.25. The molecule has 0 aliphatic heterocycles. The second-order valence-electron chi connectivity index (χ2n) is 9.16. The number of fused-ring (bicyclic) bond motifs is 2. The van der Waals surface area contributed by atoms with Crippen molar-refractivity contribution in [2.24, 2.45) is 0 Å². The van der Waals surface area contributed by atoms with Gasteiger partial charge in [0.05, 0.1) is 23.0 Å². The van der Waals surface area contributed by atoms with Crippen LogP contribution in [0, 0.1) is 0 Å². The summed E-state index contributed by atoms with van der Waals surface area (Å²) in [6.07, 6.45) is 19.6. The van der Waals surface area contributed by atoms with Crippen molar-refractivity contribution in [1.29, 1.82) is 0 Å². The molecular weight excluding hydrogens is 382 g/mol. The van der Waals surface area contributed by atoms with Crippen LogP contribution in [0.2, 0.25) is 0 Å². The minimum absolute atomic E-state index is 0.0414. The maximum atomic E-state index is 11.8. The third-order valence-electron chi connectivity index (χ3n) is 7.02. The molecule has 3 aliphatic rings. The molecule has 4 nitrogen and oxygen atoms in total. The summed E-state index contributed by atoms with van der Waals surface area (Å²) in [4.78, 5) is 16.7. The summed E-state index contributed by atoms with van der Waals surface area (Å²) in [5, 5.41) is 4.26. The summed E-state index contributed by atoms with van der Waals surface area (Å²) in [6, 6.07) is 8.54. The highest BCUT2D eigenvalue weighted by atomic mass is 16.1. The number of nitrogens with zero attached hydrogens (tertiary/aromatic N) is 3. The van der Waals surface area contributed by atoms with Gasteiger partial charge in [-0.1, -0.05) is 57.1 Å². The highest BCUT2D eigenvalue weighted by Crippen LogP contribution is 2.38. The van der Waals surface area contributed by atoms with Gasteiger partial charge in [0.25, 0.3) is 0 Å². The zero-order valence-corrected chi connectivity index (χ0v) is 18.4. The van der Waals surface area contributed by atoms with Gasteiger partial charge in [-0.3, -0.25) is 9.78 Å². The number of carbonyl (C=O) groups is 1. The van der Waals surface area contributed by atoms with E-state index in [4.69, 9.17) is 4.98 Å². The molecular formula is C27H31N3O. The SMILES string of the molecule is C1CCCCC1.CC(=O)c1cnn2ccc(C3=CCc4nc(C5CCC5)ccc43)cc12. The van der Waals surface area contributed by atoms with Gasteiger partial charge in [-0.05, 0) is 49.1 Å². The average molecular weight is 414 g/mol. The van der Waals surface area contributed by atoms with Gasteiger partial charge in [-0.2, -0.15) is 5.10 Å². The number of Topliss-reactive ketones (excluding diaryl/α,β-unsaturated/α-hetero) is 1. The number of ketones is 1. The van der Waals surface area contributed by atoms with E-state index in [1.165, 1.54) is 80.3 Å². The van der Waals surface area contributed by atoms with Gasteiger partial charge in [-0.15, -0.1) is 0 Å². The van der Waals surface area contributed by atoms with E-state index in [0.717, 1.165) is 17.5 Å². The fraction of sp³-hybridized carbons (Fsp3) is 0.444. The summed E-state index contributed by atoms with van der Waals surface area (Å²) in [7, 11) is 0. The maximum Gasteiger partial charge on any atom is 0.163 e. The molecule has 0 spiro atoms. The predicted octanol–water partition coefficient (Wildman–Crippen LogP) is 6.53. The third-order valence-corrected chi connectivity index (χ3v) is 7.02. The topological polar surface area (TPSA) is 47.3 Å². The Hall–Kier alpha value is -2.75. The second-order valence-corrected chi connectivity index (χ2v) is 9.16. The van der Waals surface area contributed by atoms with Crippen LogP contribution in [0.25, 0.3) is 11.1 Å². The number of aromatic nitrogens is 3. The summed E-state index contributed by atoms with van der Waals surface area (Å²) in [6.45, 7) is 1.58. The van der Waals surface area contributed by atoms with Crippen molar-refractivity contribution in [3.8, 4) is 0 Å². The van der Waals surface area contributed by atoms with Crippen molar-refractivity contribution in [3.63, 3.8) is 0 Å². The Kier molecular flexibility index (Phi) is 5.71. The molecule has 0 bridgehead atoms. The van der Waals surface area contributed by atoms with Crippen LogP contribution in [0.15, 0.2) is 42.7 Å². The predicted molar refractivity (Wildman–Crippen MR) is 125 cm³/mol. The van der Waals surface area contributed by atoms with Crippen molar-refractivity contribution in [2.75, 3.05) is 0 Å². The van der Waals surface area contributed by atoms with Crippen LogP contribution in [0.3, 0.4) is 0 Å². The van der Waals surface area contributed by atoms with E-state index < -0.39 is 0 Å². The molecule has 3 aromatic rings. The van der Waals surface area contributed by atoms with Gasteiger partial charge in [0.2, 0.25) is 0 Å². The van der Waals surface area contributed by atoms with Gasteiger partial charge >= 0.3 is 0 Å². The fourth-order valence-electron chi connectivity index (χ4n) is 4.91. The minimum Gasteiger partial charge on any atom is -0.294 e. The van der Waals surface area contributed by atoms with Crippen molar-refractivity contribution in [2.45, 2.75) is 77.0 Å². The van der Waals surface area contributed by atoms with Gasteiger partial charge in [-0.25, -0.2) is 4.52 Å². The Bertz CT molecular complexity index is 1120. The molecule has 3 heterocycles. The molecule has 0 aromatic carbocycles. The van der Waals surface area contributed by atoms with Crippen LogP contribution in [0.5, 0.6) is 0 Å². The van der Waals surface area contributed by atoms with E-state index in [2.05, 4.69) is 35.4 Å². The molecule has 6 rings (SSSR count). The minimum atomic E-state index is 0.0414. The lowest BCUT2D eigenvalue weighted by molar-refractivity contribution is 0.101. The fourth-order valence-corrected chi connectivity index (χ4v) is 4.91. The normalized spacial score (nSPS) is 18.0. The van der Waals surface area contributed by atoms with Crippen molar-refractivity contribution in [1.82, 2.24) is 14.6 Å². The first-order valence-corrected chi connectivity index (χ1v) is 11.9. The summed E-state index contributed by atoms with van der Waals surface area (Å²) >= 11 is 0. The Morgan fingerprint density at radius 1 is 1.00 bits per heavy atom. The van der Waals surface area contributed by atoms with Crippen LogP contribution in [-0.2, 0) is 6.42 Å². The number of hydrogen-bond acceptors (Lipinski definition) is 3. The average Bonchev–Trinajstić information content (AvgIpc) is 3.37. The number of hydrogen-bond donors (Lipinski definition) is 0. The first-order valence-electron chi connectivity index (χ1n) is 11.9. The molecule has 2 fully saturated rings. The number of allylic oxidation sites excluding steroid dienone is 1. The van der Waals surface area contributed by atoms with E-state index in [1.807, 2.05) is 6.20 Å². The Morgan fingerprint density at radius 2 is 1.74 bits per heavy atom. The molecule has 4 heteroatoms. The van der Waals surface area contributed by atoms with Gasteiger partial charge in [0, 0.05) is 29.8 Å². The van der Waals surface area contributed by atoms with E-state index in [0.29, 0.717) is 11.5 Å². The van der Waals surface area contributed by atoms with E-state index in [1.54, 1.807) is 17.6 Å². The third kappa shape index (κ3) is 4.08. The van der Waals surface area contributed by atoms with Gasteiger partial charge < -0.3 is 0 Å². The maximum absolute atomic E-state index is 11.8. The van der Waals surface area contributed by atoms with Gasteiger partial charge in [0.1, 0.15) is 0 Å². The molecule has 3 aliphatic carbocycles. The molecule has 0 saturated heterocycles. The van der Waals surface area contributed by atoms with Crippen molar-refractivity contribution < 1.29 is 4.79 Å². The van der Waals surface area contributed by atoms with Crippen LogP contribution in [-0.4, -0.2) is 20.4 Å². The molecule has 0 unspecified atom stereocenters. The van der Waals surface area contributed by atoms with E-state index in [-0.39, 0.29) is 5.78 Å². The number of pyridine rings is 2. The quantitative estimate of drug-likeness (QED) is 0.459. The number of carbonyl (C=O) groups excluding carboxylic acids is 1. The zero-order valence-electron chi connectivity index (χ0n) is 18.4. The van der Waals surface area contributed by atoms with Crippen LogP contribution in [0.1, 0.15) is 104 Å². The molecule has 2 saturated carbocycles. The molecule has 0 amide bonds. The van der Waals surface area contributed by atoms with Crippen LogP contribution >= 0.6 is 0 Å². The summed E-state index contributed by atoms with van der Waals surface area (Å²) < 4.78 is 1.76. The molecule has 0 atom stereocenters. The Balaban J connectivity index is 0.000000296. The number of rotatable bonds is 3. The molecule has 31 heavy (non-hydrogen) atoms. The summed E-state index contributed by atoms with van der Waals surface area (Å²) in [5.41, 5.74) is 7.51. The smallest absolute Gasteiger partial charge is 0.163 e. The second kappa shape index (κ2) is 8.78. The van der Waals surface area contributed by atoms with Crippen LogP contribution in [0.4, 0.5) is 0 Å². The first-order chi connectivity index (χ1) is 15.2. The zero-order chi connectivity index (χ0) is 21.2. The highest BCUT2D eigenvalue weighted by Gasteiger charge is 2.24.